The zero-order valence-corrected chi connectivity index (χ0v) is 22.3. The number of alkyl halides is 1. The van der Waals surface area contributed by atoms with E-state index in [0.29, 0.717) is 44.7 Å². The van der Waals surface area contributed by atoms with Gasteiger partial charge in [-0.15, -0.1) is 0 Å². The number of rotatable bonds is 4. The summed E-state index contributed by atoms with van der Waals surface area (Å²) < 4.78 is 23.1. The molecule has 3 fully saturated rings. The monoisotopic (exact) mass is 529 g/mol. The molecule has 1 N–H and O–H groups in total. The fraction of sp³-hybridized carbons (Fsp3) is 0.654. The first-order chi connectivity index (χ1) is 18.0. The summed E-state index contributed by atoms with van der Waals surface area (Å²) in [5.74, 6) is -0.280. The average Bonchev–Trinajstić information content (AvgIpc) is 3.28. The van der Waals surface area contributed by atoms with Gasteiger partial charge in [-0.1, -0.05) is 0 Å². The number of ether oxygens (including phenoxy) is 1. The molecule has 38 heavy (non-hydrogen) atoms. The van der Waals surface area contributed by atoms with Crippen molar-refractivity contribution in [3.8, 4) is 0 Å². The van der Waals surface area contributed by atoms with Gasteiger partial charge in [0.25, 0.3) is 0 Å². The van der Waals surface area contributed by atoms with E-state index in [-0.39, 0.29) is 24.5 Å². The van der Waals surface area contributed by atoms with E-state index in [1.165, 1.54) is 4.90 Å². The number of carbonyl (C=O) groups is 3. The summed E-state index contributed by atoms with van der Waals surface area (Å²) in [4.78, 5) is 45.9. The Morgan fingerprint density at radius 2 is 1.82 bits per heavy atom. The van der Waals surface area contributed by atoms with Gasteiger partial charge in [0, 0.05) is 63.9 Å². The molecule has 0 spiro atoms. The summed E-state index contributed by atoms with van der Waals surface area (Å²) >= 11 is 0. The van der Waals surface area contributed by atoms with Crippen LogP contribution in [0.2, 0.25) is 0 Å². The third-order valence-electron chi connectivity index (χ3n) is 7.57. The summed E-state index contributed by atoms with van der Waals surface area (Å²) in [6.07, 6.45) is 7.24. The van der Waals surface area contributed by atoms with Gasteiger partial charge in [-0.3, -0.25) is 24.7 Å². The number of carbonyl (C=O) groups excluding carboxylic acids is 3. The molecule has 0 aromatic carbocycles. The van der Waals surface area contributed by atoms with E-state index in [4.69, 9.17) is 4.74 Å². The van der Waals surface area contributed by atoms with Gasteiger partial charge in [0.2, 0.25) is 5.91 Å². The highest BCUT2D eigenvalue weighted by Crippen LogP contribution is 2.33. The van der Waals surface area contributed by atoms with Gasteiger partial charge in [-0.2, -0.15) is 5.10 Å². The van der Waals surface area contributed by atoms with Crippen LogP contribution >= 0.6 is 0 Å². The van der Waals surface area contributed by atoms with Crippen LogP contribution in [0, 0.1) is 0 Å². The zero-order chi connectivity index (χ0) is 27.1. The van der Waals surface area contributed by atoms with Crippen molar-refractivity contribution >= 4 is 34.6 Å². The highest BCUT2D eigenvalue weighted by molar-refractivity contribution is 6.09. The van der Waals surface area contributed by atoms with Gasteiger partial charge in [-0.05, 0) is 33.6 Å². The molecule has 206 valence electrons. The number of pyridine rings is 1. The van der Waals surface area contributed by atoms with Crippen molar-refractivity contribution in [2.75, 3.05) is 44.2 Å². The Hall–Kier alpha value is -3.28. The van der Waals surface area contributed by atoms with Crippen LogP contribution in [-0.4, -0.2) is 93.1 Å². The molecule has 3 saturated heterocycles. The van der Waals surface area contributed by atoms with Crippen LogP contribution in [0.25, 0.3) is 10.9 Å². The van der Waals surface area contributed by atoms with Gasteiger partial charge in [-0.25, -0.2) is 14.0 Å². The van der Waals surface area contributed by atoms with Crippen molar-refractivity contribution in [2.45, 2.75) is 70.2 Å². The largest absolute Gasteiger partial charge is 0.444 e. The van der Waals surface area contributed by atoms with Crippen molar-refractivity contribution < 1.29 is 23.5 Å². The lowest BCUT2D eigenvalue weighted by molar-refractivity contribution is -0.120. The van der Waals surface area contributed by atoms with Gasteiger partial charge in [0.1, 0.15) is 11.3 Å². The number of anilines is 1. The van der Waals surface area contributed by atoms with E-state index in [1.807, 2.05) is 25.5 Å². The molecule has 2 aromatic heterocycles. The number of amides is 4. The first-order valence-corrected chi connectivity index (χ1v) is 13.3. The Balaban J connectivity index is 1.18. The molecule has 3 aliphatic heterocycles. The number of imide groups is 1. The van der Waals surface area contributed by atoms with E-state index in [9.17, 15) is 14.4 Å². The third kappa shape index (κ3) is 5.59. The van der Waals surface area contributed by atoms with Gasteiger partial charge in [0.05, 0.1) is 35.8 Å². The normalized spacial score (nSPS) is 21.6. The van der Waals surface area contributed by atoms with Gasteiger partial charge >= 0.3 is 12.1 Å². The van der Waals surface area contributed by atoms with Crippen molar-refractivity contribution in [1.82, 2.24) is 29.9 Å². The first-order valence-electron chi connectivity index (χ1n) is 13.3. The van der Waals surface area contributed by atoms with Crippen LogP contribution in [0.4, 0.5) is 19.7 Å². The van der Waals surface area contributed by atoms with Crippen LogP contribution in [0.1, 0.15) is 58.9 Å². The van der Waals surface area contributed by atoms with Crippen molar-refractivity contribution in [3.63, 3.8) is 0 Å². The SMILES string of the molecule is CC(C)(C)OC(=O)N1CCC(F)(CN2CCC(n3ncc4c(N5CCC(=O)NC5=O)cncc43)CC2)CC1. The lowest BCUT2D eigenvalue weighted by atomic mass is 9.91. The highest BCUT2D eigenvalue weighted by Gasteiger charge is 2.39. The quantitative estimate of drug-likeness (QED) is 0.647. The summed E-state index contributed by atoms with van der Waals surface area (Å²) in [5, 5.41) is 7.79. The second-order valence-corrected chi connectivity index (χ2v) is 11.6. The number of nitrogens with one attached hydrogen (secondary N) is 1. The van der Waals surface area contributed by atoms with Gasteiger partial charge < -0.3 is 14.5 Å². The molecule has 5 heterocycles. The molecule has 0 radical (unpaired) electrons. The minimum absolute atomic E-state index is 0.141. The van der Waals surface area contributed by atoms with Crippen molar-refractivity contribution in [1.29, 1.82) is 0 Å². The van der Waals surface area contributed by atoms with Crippen LogP contribution in [-0.2, 0) is 9.53 Å². The summed E-state index contributed by atoms with van der Waals surface area (Å²) in [5.41, 5.74) is -0.416. The molecule has 0 atom stereocenters. The molecule has 0 unspecified atom stereocenters. The minimum atomic E-state index is -1.32. The number of likely N-dealkylation sites (tertiary alicyclic amines) is 2. The highest BCUT2D eigenvalue weighted by atomic mass is 19.1. The lowest BCUT2D eigenvalue weighted by Crippen LogP contribution is -2.51. The van der Waals surface area contributed by atoms with E-state index in [1.54, 1.807) is 23.5 Å². The standard InChI is InChI=1S/C26H36FN7O4/c1-25(2,3)38-24(37)32-12-7-26(27,8-13-32)17-31-9-4-18(5-10-31)34-21-16-28-15-20(19(21)14-29-34)33-11-6-22(35)30-23(33)36/h14-16,18H,4-13,17H2,1-3H3,(H,30,35,36). The average molecular weight is 530 g/mol. The molecule has 12 heteroatoms. The maximum Gasteiger partial charge on any atom is 0.410 e. The number of hydrogen-bond donors (Lipinski definition) is 1. The van der Waals surface area contributed by atoms with Crippen LogP contribution < -0.4 is 10.2 Å². The lowest BCUT2D eigenvalue weighted by Gasteiger charge is -2.41. The predicted octanol–water partition coefficient (Wildman–Crippen LogP) is 3.25. The molecule has 11 nitrogen and oxygen atoms in total. The number of nitrogens with zero attached hydrogens (tertiary/aromatic N) is 6. The Labute approximate surface area is 221 Å². The zero-order valence-electron chi connectivity index (χ0n) is 22.3. The molecule has 3 aliphatic rings. The molecule has 2 aromatic rings. The molecular weight excluding hydrogens is 493 g/mol. The Kier molecular flexibility index (Phi) is 7.01. The van der Waals surface area contributed by atoms with E-state index in [2.05, 4.69) is 20.3 Å². The van der Waals surface area contributed by atoms with Crippen molar-refractivity contribution in [2.24, 2.45) is 0 Å². The van der Waals surface area contributed by atoms with Crippen LogP contribution in [0.5, 0.6) is 0 Å². The Morgan fingerprint density at radius 1 is 1.11 bits per heavy atom. The summed E-state index contributed by atoms with van der Waals surface area (Å²) in [7, 11) is 0. The number of urea groups is 1. The number of halogens is 1. The fourth-order valence-corrected chi connectivity index (χ4v) is 5.54. The molecule has 5 rings (SSSR count). The second-order valence-electron chi connectivity index (χ2n) is 11.6. The van der Waals surface area contributed by atoms with E-state index >= 15 is 4.39 Å². The topological polar surface area (TPSA) is 113 Å². The smallest absolute Gasteiger partial charge is 0.410 e. The summed E-state index contributed by atoms with van der Waals surface area (Å²) in [6, 6.07) is -0.309. The second kappa shape index (κ2) is 10.1. The maximum atomic E-state index is 15.7. The number of hydrogen-bond acceptors (Lipinski definition) is 7. The molecule has 0 saturated carbocycles. The maximum absolute atomic E-state index is 15.7. The predicted molar refractivity (Wildman–Crippen MR) is 139 cm³/mol. The van der Waals surface area contributed by atoms with E-state index < -0.39 is 17.3 Å². The Bertz CT molecular complexity index is 1210. The molecular formula is C26H36FN7O4. The third-order valence-corrected chi connectivity index (χ3v) is 7.57. The summed E-state index contributed by atoms with van der Waals surface area (Å²) in [6.45, 7) is 8.36. The van der Waals surface area contributed by atoms with Crippen molar-refractivity contribution in [3.05, 3.63) is 18.6 Å². The fourth-order valence-electron chi connectivity index (χ4n) is 5.54. The number of aromatic nitrogens is 3. The van der Waals surface area contributed by atoms with Crippen LogP contribution in [0.15, 0.2) is 18.6 Å². The van der Waals surface area contributed by atoms with E-state index in [0.717, 1.165) is 36.8 Å². The first kappa shape index (κ1) is 26.3. The Morgan fingerprint density at radius 3 is 2.47 bits per heavy atom. The number of fused-ring (bicyclic) bond motifs is 1. The van der Waals surface area contributed by atoms with Crippen LogP contribution in [0.3, 0.4) is 0 Å². The molecule has 4 amide bonds. The molecule has 0 aliphatic carbocycles. The molecule has 0 bridgehead atoms. The van der Waals surface area contributed by atoms with Gasteiger partial charge in [0.15, 0.2) is 0 Å². The number of piperidine rings is 2. The minimum Gasteiger partial charge on any atom is -0.444 e.